The number of aromatic nitrogens is 4. The second-order valence-electron chi connectivity index (χ2n) is 6.63. The standard InChI is InChI=1S/C22H14N4S2/c1-3-14(20-8-23-11-24-20)4-2-13(1)16-9-27-22-17(10-28-21(16)22)15-5-6-18-19(7-15)26-12-25-18/h1-12H,(H,23,24)(H,25,26). The van der Waals surface area contributed by atoms with Crippen molar-refractivity contribution in [2.24, 2.45) is 0 Å². The molecule has 0 saturated heterocycles. The molecule has 0 atom stereocenters. The van der Waals surface area contributed by atoms with Gasteiger partial charge in [0.05, 0.1) is 45.0 Å². The van der Waals surface area contributed by atoms with E-state index in [4.69, 9.17) is 0 Å². The highest BCUT2D eigenvalue weighted by Crippen LogP contribution is 2.44. The lowest BCUT2D eigenvalue weighted by Crippen LogP contribution is -1.78. The van der Waals surface area contributed by atoms with Crippen LogP contribution in [0.2, 0.25) is 0 Å². The van der Waals surface area contributed by atoms with E-state index in [0.717, 1.165) is 22.3 Å². The maximum Gasteiger partial charge on any atom is 0.0931 e. The summed E-state index contributed by atoms with van der Waals surface area (Å²) in [6, 6.07) is 15.1. The number of H-pyrrole nitrogens is 2. The minimum atomic E-state index is 1.00. The van der Waals surface area contributed by atoms with Gasteiger partial charge in [0.25, 0.3) is 0 Å². The van der Waals surface area contributed by atoms with E-state index in [1.165, 1.54) is 31.7 Å². The van der Waals surface area contributed by atoms with Crippen molar-refractivity contribution in [3.8, 4) is 33.5 Å². The molecular formula is C22H14N4S2. The quantitative estimate of drug-likeness (QED) is 0.354. The Morgan fingerprint density at radius 1 is 0.714 bits per heavy atom. The molecule has 28 heavy (non-hydrogen) atoms. The second-order valence-corrected chi connectivity index (χ2v) is 8.39. The normalized spacial score (nSPS) is 11.6. The van der Waals surface area contributed by atoms with Gasteiger partial charge in [0, 0.05) is 21.9 Å². The fourth-order valence-electron chi connectivity index (χ4n) is 3.56. The van der Waals surface area contributed by atoms with Crippen molar-refractivity contribution >= 4 is 43.1 Å². The van der Waals surface area contributed by atoms with Crippen LogP contribution in [0.3, 0.4) is 0 Å². The minimum Gasteiger partial charge on any atom is -0.345 e. The highest BCUT2D eigenvalue weighted by molar-refractivity contribution is 7.27. The Balaban J connectivity index is 1.42. The molecule has 6 aromatic rings. The first-order chi connectivity index (χ1) is 13.9. The van der Waals surface area contributed by atoms with Crippen molar-refractivity contribution < 1.29 is 0 Å². The topological polar surface area (TPSA) is 57.4 Å². The zero-order valence-corrected chi connectivity index (χ0v) is 16.3. The fraction of sp³-hybridized carbons (Fsp3) is 0. The predicted octanol–water partition coefficient (Wildman–Crippen LogP) is 6.56. The van der Waals surface area contributed by atoms with Crippen molar-refractivity contribution in [3.05, 3.63) is 72.1 Å². The van der Waals surface area contributed by atoms with Crippen LogP contribution in [0.4, 0.5) is 0 Å². The third-order valence-corrected chi connectivity index (χ3v) is 7.18. The molecule has 0 unspecified atom stereocenters. The third kappa shape index (κ3) is 2.42. The van der Waals surface area contributed by atoms with E-state index >= 15 is 0 Å². The van der Waals surface area contributed by atoms with E-state index in [1.807, 2.05) is 28.9 Å². The monoisotopic (exact) mass is 398 g/mol. The number of fused-ring (bicyclic) bond motifs is 2. The van der Waals surface area contributed by atoms with Crippen molar-refractivity contribution in [1.29, 1.82) is 0 Å². The van der Waals surface area contributed by atoms with Gasteiger partial charge in [0.1, 0.15) is 0 Å². The van der Waals surface area contributed by atoms with Gasteiger partial charge < -0.3 is 9.97 Å². The number of thiophene rings is 2. The molecule has 6 rings (SSSR count). The zero-order valence-electron chi connectivity index (χ0n) is 14.6. The van der Waals surface area contributed by atoms with E-state index < -0.39 is 0 Å². The summed E-state index contributed by atoms with van der Waals surface area (Å²) < 4.78 is 2.68. The maximum atomic E-state index is 4.40. The number of rotatable bonds is 3. The van der Waals surface area contributed by atoms with Crippen LogP contribution in [0.5, 0.6) is 0 Å². The number of imidazole rings is 2. The highest BCUT2D eigenvalue weighted by Gasteiger charge is 2.14. The van der Waals surface area contributed by atoms with Crippen LogP contribution in [-0.4, -0.2) is 19.9 Å². The molecule has 4 aromatic heterocycles. The van der Waals surface area contributed by atoms with Gasteiger partial charge in [-0.1, -0.05) is 30.3 Å². The maximum absolute atomic E-state index is 4.40. The van der Waals surface area contributed by atoms with Crippen LogP contribution in [-0.2, 0) is 0 Å². The van der Waals surface area contributed by atoms with Crippen LogP contribution in [0.1, 0.15) is 0 Å². The van der Waals surface area contributed by atoms with Gasteiger partial charge >= 0.3 is 0 Å². The van der Waals surface area contributed by atoms with Crippen LogP contribution in [0.25, 0.3) is 53.9 Å². The largest absolute Gasteiger partial charge is 0.345 e. The van der Waals surface area contributed by atoms with Gasteiger partial charge in [-0.25, -0.2) is 9.97 Å². The van der Waals surface area contributed by atoms with E-state index in [1.54, 1.807) is 12.7 Å². The lowest BCUT2D eigenvalue weighted by molar-refractivity contribution is 1.31. The van der Waals surface area contributed by atoms with Crippen LogP contribution in [0.15, 0.2) is 72.1 Å². The summed E-state index contributed by atoms with van der Waals surface area (Å²) in [5, 5.41) is 4.53. The van der Waals surface area contributed by atoms with E-state index in [9.17, 15) is 0 Å². The Morgan fingerprint density at radius 3 is 2.18 bits per heavy atom. The predicted molar refractivity (Wildman–Crippen MR) is 118 cm³/mol. The van der Waals surface area contributed by atoms with Gasteiger partial charge in [-0.3, -0.25) is 0 Å². The number of hydrogen-bond acceptors (Lipinski definition) is 4. The number of hydrogen-bond donors (Lipinski definition) is 2. The van der Waals surface area contributed by atoms with Crippen molar-refractivity contribution in [2.75, 3.05) is 0 Å². The van der Waals surface area contributed by atoms with Gasteiger partial charge in [-0.05, 0) is 28.8 Å². The van der Waals surface area contributed by atoms with E-state index in [-0.39, 0.29) is 0 Å². The summed E-state index contributed by atoms with van der Waals surface area (Å²) in [6.07, 6.45) is 5.30. The summed E-state index contributed by atoms with van der Waals surface area (Å²) in [4.78, 5) is 14.8. The Morgan fingerprint density at radius 2 is 1.43 bits per heavy atom. The second kappa shape index (κ2) is 6.15. The number of nitrogens with zero attached hydrogens (tertiary/aromatic N) is 2. The molecule has 6 heteroatoms. The van der Waals surface area contributed by atoms with Crippen molar-refractivity contribution in [2.45, 2.75) is 0 Å². The van der Waals surface area contributed by atoms with Crippen LogP contribution >= 0.6 is 22.7 Å². The molecule has 0 spiro atoms. The molecule has 4 nitrogen and oxygen atoms in total. The lowest BCUT2D eigenvalue weighted by Gasteiger charge is -2.01. The molecule has 0 aliphatic carbocycles. The average Bonchev–Trinajstić information content (AvgIpc) is 3.52. The Bertz CT molecular complexity index is 1400. The SMILES string of the molecule is c1ncc(-c2ccc(-c3csc4c(-c5ccc6[nH]cnc6c5)csc34)cc2)[nH]1. The molecule has 4 heterocycles. The number of nitrogens with one attached hydrogen (secondary N) is 2. The Kier molecular flexibility index (Phi) is 3.47. The minimum absolute atomic E-state index is 1.00. The molecule has 134 valence electrons. The van der Waals surface area contributed by atoms with Crippen LogP contribution in [0, 0.1) is 0 Å². The first kappa shape index (κ1) is 15.8. The summed E-state index contributed by atoms with van der Waals surface area (Å²) in [6.45, 7) is 0. The summed E-state index contributed by atoms with van der Waals surface area (Å²) in [5.41, 5.74) is 9.30. The number of benzene rings is 2. The smallest absolute Gasteiger partial charge is 0.0931 e. The van der Waals surface area contributed by atoms with Gasteiger partial charge in [-0.15, -0.1) is 22.7 Å². The van der Waals surface area contributed by atoms with Crippen LogP contribution < -0.4 is 0 Å². The Labute approximate surface area is 168 Å². The first-order valence-electron chi connectivity index (χ1n) is 8.88. The van der Waals surface area contributed by atoms with E-state index in [0.29, 0.717) is 0 Å². The molecular weight excluding hydrogens is 384 g/mol. The molecule has 0 saturated carbocycles. The van der Waals surface area contributed by atoms with Gasteiger partial charge in [-0.2, -0.15) is 0 Å². The Hall–Kier alpha value is -3.22. The number of aromatic amines is 2. The molecule has 0 amide bonds. The molecule has 2 N–H and O–H groups in total. The molecule has 0 radical (unpaired) electrons. The third-order valence-electron chi connectivity index (χ3n) is 5.02. The molecule has 2 aromatic carbocycles. The first-order valence-corrected chi connectivity index (χ1v) is 10.6. The van der Waals surface area contributed by atoms with Gasteiger partial charge in [0.15, 0.2) is 0 Å². The average molecular weight is 399 g/mol. The lowest BCUT2D eigenvalue weighted by atomic mass is 10.0. The van der Waals surface area contributed by atoms with Crippen molar-refractivity contribution in [3.63, 3.8) is 0 Å². The molecule has 0 fully saturated rings. The molecule has 0 bridgehead atoms. The highest BCUT2D eigenvalue weighted by atomic mass is 32.1. The van der Waals surface area contributed by atoms with E-state index in [2.05, 4.69) is 73.2 Å². The summed E-state index contributed by atoms with van der Waals surface area (Å²) >= 11 is 3.62. The van der Waals surface area contributed by atoms with Gasteiger partial charge in [0.2, 0.25) is 0 Å². The molecule has 0 aliphatic heterocycles. The van der Waals surface area contributed by atoms with Crippen molar-refractivity contribution in [1.82, 2.24) is 19.9 Å². The molecule has 0 aliphatic rings. The summed E-state index contributed by atoms with van der Waals surface area (Å²) in [7, 11) is 0. The summed E-state index contributed by atoms with van der Waals surface area (Å²) in [5.74, 6) is 0. The fourth-order valence-corrected chi connectivity index (χ4v) is 6.02. The zero-order chi connectivity index (χ0) is 18.5.